The maximum atomic E-state index is 6.12. The number of hydrogen-bond acceptors (Lipinski definition) is 3. The van der Waals surface area contributed by atoms with Crippen molar-refractivity contribution in [2.24, 2.45) is 0 Å². The molecule has 94 valence electrons. The van der Waals surface area contributed by atoms with E-state index in [1.54, 1.807) is 14.2 Å². The van der Waals surface area contributed by atoms with E-state index in [4.69, 9.17) is 21.1 Å². The summed E-state index contributed by atoms with van der Waals surface area (Å²) in [5, 5.41) is 4.09. The highest BCUT2D eigenvalue weighted by Gasteiger charge is 2.17. The minimum Gasteiger partial charge on any atom is -0.495 e. The van der Waals surface area contributed by atoms with Crippen molar-refractivity contribution in [3.05, 3.63) is 17.2 Å². The van der Waals surface area contributed by atoms with Crippen LogP contribution in [-0.2, 0) is 0 Å². The predicted octanol–water partition coefficient (Wildman–Crippen LogP) is 3.71. The maximum absolute atomic E-state index is 6.12. The van der Waals surface area contributed by atoms with Crippen LogP contribution in [0.1, 0.15) is 25.7 Å². The van der Waals surface area contributed by atoms with E-state index in [2.05, 4.69) is 5.32 Å². The van der Waals surface area contributed by atoms with Gasteiger partial charge in [-0.15, -0.1) is 0 Å². The van der Waals surface area contributed by atoms with Crippen molar-refractivity contribution in [2.75, 3.05) is 19.5 Å². The van der Waals surface area contributed by atoms with E-state index >= 15 is 0 Å². The van der Waals surface area contributed by atoms with Gasteiger partial charge in [-0.25, -0.2) is 0 Å². The summed E-state index contributed by atoms with van der Waals surface area (Å²) in [5.41, 5.74) is 0.949. The highest BCUT2D eigenvalue weighted by atomic mass is 35.5. The van der Waals surface area contributed by atoms with Crippen molar-refractivity contribution in [2.45, 2.75) is 31.7 Å². The van der Waals surface area contributed by atoms with Gasteiger partial charge in [-0.05, 0) is 18.9 Å². The first kappa shape index (κ1) is 12.4. The van der Waals surface area contributed by atoms with Gasteiger partial charge in [-0.1, -0.05) is 24.4 Å². The molecule has 0 spiro atoms. The first-order chi connectivity index (χ1) is 8.24. The fraction of sp³-hybridized carbons (Fsp3) is 0.538. The number of halogens is 1. The monoisotopic (exact) mass is 255 g/mol. The lowest BCUT2D eigenvalue weighted by Crippen LogP contribution is -2.15. The zero-order valence-corrected chi connectivity index (χ0v) is 11.0. The summed E-state index contributed by atoms with van der Waals surface area (Å²) >= 11 is 6.12. The molecule has 1 aromatic rings. The molecule has 0 heterocycles. The Morgan fingerprint density at radius 3 is 2.35 bits per heavy atom. The van der Waals surface area contributed by atoms with Crippen LogP contribution >= 0.6 is 11.6 Å². The van der Waals surface area contributed by atoms with Crippen LogP contribution in [0.15, 0.2) is 12.1 Å². The Morgan fingerprint density at radius 2 is 1.76 bits per heavy atom. The SMILES string of the molecule is COc1cc(OC)c(NC2CCCC2)cc1Cl. The molecule has 1 aliphatic rings. The molecule has 0 aliphatic heterocycles. The first-order valence-electron chi connectivity index (χ1n) is 5.92. The Bertz CT molecular complexity index is 389. The number of methoxy groups -OCH3 is 2. The van der Waals surface area contributed by atoms with Crippen LogP contribution in [-0.4, -0.2) is 20.3 Å². The van der Waals surface area contributed by atoms with E-state index in [-0.39, 0.29) is 0 Å². The zero-order valence-electron chi connectivity index (χ0n) is 10.3. The summed E-state index contributed by atoms with van der Waals surface area (Å²) in [6.07, 6.45) is 5.02. The van der Waals surface area contributed by atoms with Crippen molar-refractivity contribution in [1.82, 2.24) is 0 Å². The normalized spacial score (nSPS) is 15.9. The van der Waals surface area contributed by atoms with Crippen LogP contribution in [0.4, 0.5) is 5.69 Å². The van der Waals surface area contributed by atoms with Gasteiger partial charge in [-0.2, -0.15) is 0 Å². The standard InChI is InChI=1S/C13H18ClNO2/c1-16-12-8-13(17-2)11(7-10(12)14)15-9-5-3-4-6-9/h7-9,15H,3-6H2,1-2H3. The Morgan fingerprint density at radius 1 is 1.12 bits per heavy atom. The number of anilines is 1. The van der Waals surface area contributed by atoms with Crippen molar-refractivity contribution in [3.8, 4) is 11.5 Å². The lowest BCUT2D eigenvalue weighted by molar-refractivity contribution is 0.395. The summed E-state index contributed by atoms with van der Waals surface area (Å²) in [6, 6.07) is 4.23. The predicted molar refractivity (Wildman–Crippen MR) is 70.4 cm³/mol. The number of benzene rings is 1. The molecule has 3 nitrogen and oxygen atoms in total. The van der Waals surface area contributed by atoms with Crippen molar-refractivity contribution in [1.29, 1.82) is 0 Å². The second-order valence-corrected chi connectivity index (χ2v) is 4.72. The molecule has 2 rings (SSSR count). The molecule has 1 aliphatic carbocycles. The number of ether oxygens (including phenoxy) is 2. The van der Waals surface area contributed by atoms with Gasteiger partial charge < -0.3 is 14.8 Å². The third kappa shape index (κ3) is 2.78. The van der Waals surface area contributed by atoms with Gasteiger partial charge in [0.25, 0.3) is 0 Å². The van der Waals surface area contributed by atoms with E-state index in [1.807, 2.05) is 12.1 Å². The molecule has 0 bridgehead atoms. The van der Waals surface area contributed by atoms with E-state index < -0.39 is 0 Å². The molecular weight excluding hydrogens is 238 g/mol. The van der Waals surface area contributed by atoms with Crippen LogP contribution in [0.2, 0.25) is 5.02 Å². The van der Waals surface area contributed by atoms with Gasteiger partial charge >= 0.3 is 0 Å². The topological polar surface area (TPSA) is 30.5 Å². The van der Waals surface area contributed by atoms with Gasteiger partial charge in [0, 0.05) is 12.1 Å². The first-order valence-corrected chi connectivity index (χ1v) is 6.30. The van der Waals surface area contributed by atoms with Gasteiger partial charge in [-0.3, -0.25) is 0 Å². The van der Waals surface area contributed by atoms with Gasteiger partial charge in [0.05, 0.1) is 24.9 Å². The summed E-state index contributed by atoms with van der Waals surface area (Å²) in [6.45, 7) is 0. The lowest BCUT2D eigenvalue weighted by Gasteiger charge is -2.17. The van der Waals surface area contributed by atoms with E-state index in [9.17, 15) is 0 Å². The van der Waals surface area contributed by atoms with Crippen molar-refractivity contribution >= 4 is 17.3 Å². The van der Waals surface area contributed by atoms with Crippen LogP contribution < -0.4 is 14.8 Å². The summed E-state index contributed by atoms with van der Waals surface area (Å²) in [5.74, 6) is 1.42. The molecule has 17 heavy (non-hydrogen) atoms. The summed E-state index contributed by atoms with van der Waals surface area (Å²) in [7, 11) is 3.26. The molecule has 0 atom stereocenters. The smallest absolute Gasteiger partial charge is 0.145 e. The number of nitrogens with one attached hydrogen (secondary N) is 1. The maximum Gasteiger partial charge on any atom is 0.145 e. The molecular formula is C13H18ClNO2. The number of rotatable bonds is 4. The quantitative estimate of drug-likeness (QED) is 0.890. The Labute approximate surface area is 107 Å². The van der Waals surface area contributed by atoms with Gasteiger partial charge in [0.2, 0.25) is 0 Å². The molecule has 1 N–H and O–H groups in total. The Hall–Kier alpha value is -1.09. The molecule has 1 fully saturated rings. The molecule has 0 unspecified atom stereocenters. The molecule has 0 amide bonds. The average molecular weight is 256 g/mol. The van der Waals surface area contributed by atoms with Crippen LogP contribution in [0.25, 0.3) is 0 Å². The second kappa shape index (κ2) is 5.50. The van der Waals surface area contributed by atoms with E-state index in [0.29, 0.717) is 16.8 Å². The largest absolute Gasteiger partial charge is 0.495 e. The fourth-order valence-corrected chi connectivity index (χ4v) is 2.50. The average Bonchev–Trinajstić information content (AvgIpc) is 2.82. The summed E-state index contributed by atoms with van der Waals surface area (Å²) in [4.78, 5) is 0. The zero-order chi connectivity index (χ0) is 12.3. The third-order valence-corrected chi connectivity index (χ3v) is 3.48. The lowest BCUT2D eigenvalue weighted by atomic mass is 10.2. The summed E-state index contributed by atoms with van der Waals surface area (Å²) < 4.78 is 10.5. The molecule has 0 saturated heterocycles. The molecule has 4 heteroatoms. The van der Waals surface area contributed by atoms with Crippen LogP contribution in [0.5, 0.6) is 11.5 Å². The highest BCUT2D eigenvalue weighted by molar-refractivity contribution is 6.32. The molecule has 0 aromatic heterocycles. The van der Waals surface area contributed by atoms with Crippen molar-refractivity contribution in [3.63, 3.8) is 0 Å². The van der Waals surface area contributed by atoms with Crippen molar-refractivity contribution < 1.29 is 9.47 Å². The Kier molecular flexibility index (Phi) is 4.00. The third-order valence-electron chi connectivity index (χ3n) is 3.19. The van der Waals surface area contributed by atoms with Crippen LogP contribution in [0, 0.1) is 0 Å². The molecule has 1 saturated carbocycles. The minimum atomic E-state index is 0.536. The van der Waals surface area contributed by atoms with Gasteiger partial charge in [0.15, 0.2) is 0 Å². The Balaban J connectivity index is 2.22. The second-order valence-electron chi connectivity index (χ2n) is 4.31. The minimum absolute atomic E-state index is 0.536. The fourth-order valence-electron chi connectivity index (χ4n) is 2.26. The van der Waals surface area contributed by atoms with Gasteiger partial charge in [0.1, 0.15) is 11.5 Å². The molecule has 0 radical (unpaired) electrons. The van der Waals surface area contributed by atoms with Crippen LogP contribution in [0.3, 0.4) is 0 Å². The van der Waals surface area contributed by atoms with E-state index in [1.165, 1.54) is 25.7 Å². The van der Waals surface area contributed by atoms with E-state index in [0.717, 1.165) is 11.4 Å². The molecule has 1 aromatic carbocycles. The highest BCUT2D eigenvalue weighted by Crippen LogP contribution is 2.37. The number of hydrogen-bond donors (Lipinski definition) is 1.